The summed E-state index contributed by atoms with van der Waals surface area (Å²) in [7, 11) is -2.49. The van der Waals surface area contributed by atoms with Gasteiger partial charge in [0.25, 0.3) is 10.2 Å². The number of rotatable bonds is 8. The van der Waals surface area contributed by atoms with Crippen molar-refractivity contribution in [1.29, 1.82) is 0 Å². The fourth-order valence-corrected chi connectivity index (χ4v) is 2.88. The number of halogens is 2. The molecule has 120 valence electrons. The van der Waals surface area contributed by atoms with Crippen molar-refractivity contribution in [1.82, 2.24) is 9.03 Å². The average molecular weight is 339 g/mol. The van der Waals surface area contributed by atoms with Crippen molar-refractivity contribution in [3.8, 4) is 0 Å². The summed E-state index contributed by atoms with van der Waals surface area (Å²) in [6.45, 7) is 1.63. The largest absolute Gasteiger partial charge is 0.392 e. The molecule has 0 aliphatic rings. The molecule has 0 saturated carbocycles. The Hall–Kier alpha value is -0.730. The molecule has 1 unspecified atom stereocenters. The van der Waals surface area contributed by atoms with E-state index in [9.17, 15) is 17.9 Å². The Bertz CT molecular complexity index is 548. The summed E-state index contributed by atoms with van der Waals surface area (Å²) < 4.78 is 40.9. The van der Waals surface area contributed by atoms with Gasteiger partial charge in [0.05, 0.1) is 6.10 Å². The van der Waals surface area contributed by atoms with E-state index in [1.165, 1.54) is 25.2 Å². The molecule has 21 heavy (non-hydrogen) atoms. The Labute approximate surface area is 129 Å². The van der Waals surface area contributed by atoms with Crippen molar-refractivity contribution in [2.24, 2.45) is 0 Å². The summed E-state index contributed by atoms with van der Waals surface area (Å²) in [6, 6.07) is 4.17. The lowest BCUT2D eigenvalue weighted by Gasteiger charge is -2.20. The van der Waals surface area contributed by atoms with Crippen LogP contribution in [0.1, 0.15) is 25.3 Å². The molecule has 0 spiro atoms. The molecule has 0 aliphatic carbocycles. The van der Waals surface area contributed by atoms with Crippen LogP contribution in [0.4, 0.5) is 4.39 Å². The van der Waals surface area contributed by atoms with Gasteiger partial charge in [-0.3, -0.25) is 0 Å². The first kappa shape index (κ1) is 18.3. The second kappa shape index (κ2) is 8.05. The molecule has 0 aromatic heterocycles. The van der Waals surface area contributed by atoms with Gasteiger partial charge in [0.1, 0.15) is 5.82 Å². The van der Waals surface area contributed by atoms with Crippen LogP contribution in [0, 0.1) is 5.82 Å². The third kappa shape index (κ3) is 5.52. The number of benzene rings is 1. The molecule has 1 aromatic carbocycles. The highest BCUT2D eigenvalue weighted by molar-refractivity contribution is 7.87. The van der Waals surface area contributed by atoms with E-state index in [1.54, 1.807) is 0 Å². The highest BCUT2D eigenvalue weighted by Gasteiger charge is 2.21. The quantitative estimate of drug-likeness (QED) is 0.760. The number of nitrogens with one attached hydrogen (secondary N) is 1. The Morgan fingerprint density at radius 2 is 2.14 bits per heavy atom. The van der Waals surface area contributed by atoms with Crippen LogP contribution in [0.3, 0.4) is 0 Å². The first-order valence-corrected chi connectivity index (χ1v) is 8.41. The molecule has 0 heterocycles. The molecule has 5 nitrogen and oxygen atoms in total. The predicted molar refractivity (Wildman–Crippen MR) is 80.7 cm³/mol. The Kier molecular flexibility index (Phi) is 7.02. The fraction of sp³-hybridized carbons (Fsp3) is 0.538. The number of hydrogen-bond acceptors (Lipinski definition) is 3. The van der Waals surface area contributed by atoms with Crippen molar-refractivity contribution in [3.05, 3.63) is 34.6 Å². The van der Waals surface area contributed by atoms with Gasteiger partial charge in [-0.1, -0.05) is 31.0 Å². The Balaban J connectivity index is 2.71. The zero-order valence-corrected chi connectivity index (χ0v) is 13.6. The molecular formula is C13H20ClFN2O3S. The minimum absolute atomic E-state index is 0.0779. The maximum Gasteiger partial charge on any atom is 0.279 e. The van der Waals surface area contributed by atoms with E-state index in [4.69, 9.17) is 11.6 Å². The van der Waals surface area contributed by atoms with E-state index in [0.29, 0.717) is 6.42 Å². The van der Waals surface area contributed by atoms with Crippen LogP contribution >= 0.6 is 11.6 Å². The van der Waals surface area contributed by atoms with E-state index >= 15 is 0 Å². The van der Waals surface area contributed by atoms with E-state index in [-0.39, 0.29) is 23.7 Å². The summed E-state index contributed by atoms with van der Waals surface area (Å²) in [4.78, 5) is 0. The lowest BCUT2D eigenvalue weighted by atomic mass is 10.2. The van der Waals surface area contributed by atoms with Gasteiger partial charge in [0, 0.05) is 30.7 Å². The zero-order valence-electron chi connectivity index (χ0n) is 12.0. The topological polar surface area (TPSA) is 69.6 Å². The molecule has 0 aliphatic heterocycles. The number of nitrogens with zero attached hydrogens (tertiary/aromatic N) is 1. The van der Waals surface area contributed by atoms with E-state index in [2.05, 4.69) is 4.72 Å². The van der Waals surface area contributed by atoms with Gasteiger partial charge in [0.2, 0.25) is 0 Å². The van der Waals surface area contributed by atoms with Crippen molar-refractivity contribution in [2.45, 2.75) is 32.4 Å². The van der Waals surface area contributed by atoms with Crippen LogP contribution in [0.5, 0.6) is 0 Å². The first-order chi connectivity index (χ1) is 9.77. The van der Waals surface area contributed by atoms with Gasteiger partial charge in [0.15, 0.2) is 0 Å². The molecule has 1 aromatic rings. The van der Waals surface area contributed by atoms with Gasteiger partial charge in [-0.15, -0.1) is 0 Å². The third-order valence-electron chi connectivity index (χ3n) is 2.98. The second-order valence-corrected chi connectivity index (χ2v) is 7.02. The van der Waals surface area contributed by atoms with Crippen LogP contribution < -0.4 is 4.72 Å². The molecule has 0 radical (unpaired) electrons. The first-order valence-electron chi connectivity index (χ1n) is 6.59. The number of aliphatic hydroxyl groups is 1. The molecule has 1 atom stereocenters. The molecule has 8 heteroatoms. The molecule has 0 bridgehead atoms. The Morgan fingerprint density at radius 3 is 2.71 bits per heavy atom. The molecule has 0 amide bonds. The standard InChI is InChI=1S/C13H20ClFN2O3S/c1-3-5-10(18)8-16-21(19,20)17(2)9-11-12(14)6-4-7-13(11)15/h4,6-7,10,16,18H,3,5,8-9H2,1-2H3. The third-order valence-corrected chi connectivity index (χ3v) is 4.81. The van der Waals surface area contributed by atoms with E-state index < -0.39 is 22.1 Å². The summed E-state index contributed by atoms with van der Waals surface area (Å²) >= 11 is 5.87. The lowest BCUT2D eigenvalue weighted by molar-refractivity contribution is 0.166. The monoisotopic (exact) mass is 338 g/mol. The van der Waals surface area contributed by atoms with Crippen LogP contribution in [0.2, 0.25) is 5.02 Å². The smallest absolute Gasteiger partial charge is 0.279 e. The van der Waals surface area contributed by atoms with E-state index in [0.717, 1.165) is 10.7 Å². The summed E-state index contributed by atoms with van der Waals surface area (Å²) in [5.74, 6) is -0.560. The van der Waals surface area contributed by atoms with Crippen molar-refractivity contribution >= 4 is 21.8 Å². The number of hydrogen-bond donors (Lipinski definition) is 2. The van der Waals surface area contributed by atoms with Crippen LogP contribution in [0.25, 0.3) is 0 Å². The lowest BCUT2D eigenvalue weighted by Crippen LogP contribution is -2.41. The molecular weight excluding hydrogens is 319 g/mol. The van der Waals surface area contributed by atoms with Gasteiger partial charge >= 0.3 is 0 Å². The SMILES string of the molecule is CCCC(O)CNS(=O)(=O)N(C)Cc1c(F)cccc1Cl. The minimum atomic E-state index is -3.81. The summed E-state index contributed by atoms with van der Waals surface area (Å²) in [6.07, 6.45) is 0.518. The van der Waals surface area contributed by atoms with Gasteiger partial charge in [-0.25, -0.2) is 4.39 Å². The Morgan fingerprint density at radius 1 is 1.48 bits per heavy atom. The summed E-state index contributed by atoms with van der Waals surface area (Å²) in [5, 5.41) is 9.72. The van der Waals surface area contributed by atoms with Crippen LogP contribution in [-0.2, 0) is 16.8 Å². The van der Waals surface area contributed by atoms with Crippen molar-refractivity contribution < 1.29 is 17.9 Å². The average Bonchev–Trinajstić information content (AvgIpc) is 2.41. The molecule has 2 N–H and O–H groups in total. The molecule has 1 rings (SSSR count). The zero-order chi connectivity index (χ0) is 16.0. The van der Waals surface area contributed by atoms with Crippen molar-refractivity contribution in [2.75, 3.05) is 13.6 Å². The molecule has 0 saturated heterocycles. The second-order valence-electron chi connectivity index (χ2n) is 4.75. The van der Waals surface area contributed by atoms with Crippen molar-refractivity contribution in [3.63, 3.8) is 0 Å². The van der Waals surface area contributed by atoms with Crippen LogP contribution in [0.15, 0.2) is 18.2 Å². The molecule has 0 fully saturated rings. The van der Waals surface area contributed by atoms with Gasteiger partial charge < -0.3 is 5.11 Å². The summed E-state index contributed by atoms with van der Waals surface area (Å²) in [5.41, 5.74) is 0.112. The maximum atomic E-state index is 13.6. The van der Waals surface area contributed by atoms with Gasteiger partial charge in [-0.05, 0) is 18.6 Å². The number of aliphatic hydroxyl groups excluding tert-OH is 1. The highest BCUT2D eigenvalue weighted by atomic mass is 35.5. The normalized spacial score (nSPS) is 13.6. The maximum absolute atomic E-state index is 13.6. The van der Waals surface area contributed by atoms with Gasteiger partial charge in [-0.2, -0.15) is 17.4 Å². The predicted octanol–water partition coefficient (Wildman–Crippen LogP) is 1.91. The van der Waals surface area contributed by atoms with E-state index in [1.807, 2.05) is 6.92 Å². The highest BCUT2D eigenvalue weighted by Crippen LogP contribution is 2.21. The van der Waals surface area contributed by atoms with Crippen LogP contribution in [-0.4, -0.2) is 37.5 Å². The fourth-order valence-electron chi connectivity index (χ4n) is 1.74. The minimum Gasteiger partial charge on any atom is -0.392 e.